The maximum absolute atomic E-state index is 6.06. The molecule has 0 saturated heterocycles. The number of nitrogens with zero attached hydrogens (tertiary/aromatic N) is 1. The monoisotopic (exact) mass is 232 g/mol. The molecular formula is C15H24N2. The molecule has 1 aromatic heterocycles. The molecule has 1 aromatic rings. The van der Waals surface area contributed by atoms with Crippen LogP contribution in [0.15, 0.2) is 18.5 Å². The molecule has 2 aliphatic rings. The Morgan fingerprint density at radius 1 is 1.41 bits per heavy atom. The first-order valence-electron chi connectivity index (χ1n) is 7.17. The zero-order valence-corrected chi connectivity index (χ0v) is 10.8. The van der Waals surface area contributed by atoms with Crippen LogP contribution in [0.5, 0.6) is 0 Å². The molecule has 2 saturated carbocycles. The maximum Gasteiger partial charge on any atom is 0.0307 e. The molecule has 94 valence electrons. The molecule has 0 radical (unpaired) electrons. The van der Waals surface area contributed by atoms with E-state index in [4.69, 9.17) is 5.73 Å². The van der Waals surface area contributed by atoms with Gasteiger partial charge in [-0.1, -0.05) is 13.3 Å². The zero-order valence-electron chi connectivity index (χ0n) is 10.8. The lowest BCUT2D eigenvalue weighted by Gasteiger charge is -2.22. The van der Waals surface area contributed by atoms with E-state index in [9.17, 15) is 0 Å². The van der Waals surface area contributed by atoms with Crippen LogP contribution in [0.3, 0.4) is 0 Å². The highest BCUT2D eigenvalue weighted by Crippen LogP contribution is 2.48. The maximum atomic E-state index is 6.06. The predicted molar refractivity (Wildman–Crippen MR) is 70.6 cm³/mol. The minimum absolute atomic E-state index is 0.219. The molecule has 1 heterocycles. The lowest BCUT2D eigenvalue weighted by molar-refractivity contribution is 0.296. The molecule has 0 aliphatic heterocycles. The van der Waals surface area contributed by atoms with Crippen LogP contribution < -0.4 is 5.73 Å². The number of fused-ring (bicyclic) bond motifs is 2. The first-order valence-corrected chi connectivity index (χ1v) is 7.17. The van der Waals surface area contributed by atoms with Crippen molar-refractivity contribution in [2.24, 2.45) is 23.5 Å². The Balaban J connectivity index is 1.63. The Labute approximate surface area is 104 Å². The molecule has 0 spiro atoms. The van der Waals surface area contributed by atoms with E-state index in [0.29, 0.717) is 0 Å². The van der Waals surface area contributed by atoms with Gasteiger partial charge in [0, 0.05) is 25.0 Å². The van der Waals surface area contributed by atoms with Gasteiger partial charge in [0.25, 0.3) is 0 Å². The first-order chi connectivity index (χ1) is 8.26. The third-order valence-corrected chi connectivity index (χ3v) is 4.97. The minimum Gasteiger partial charge on any atom is -0.354 e. The van der Waals surface area contributed by atoms with Gasteiger partial charge >= 0.3 is 0 Å². The number of rotatable bonds is 4. The molecule has 17 heavy (non-hydrogen) atoms. The van der Waals surface area contributed by atoms with Crippen LogP contribution in [0.1, 0.15) is 50.6 Å². The highest BCUT2D eigenvalue weighted by atomic mass is 14.9. The summed E-state index contributed by atoms with van der Waals surface area (Å²) in [5.41, 5.74) is 7.36. The Morgan fingerprint density at radius 2 is 2.29 bits per heavy atom. The van der Waals surface area contributed by atoms with Crippen molar-refractivity contribution >= 4 is 0 Å². The molecule has 2 bridgehead atoms. The van der Waals surface area contributed by atoms with Gasteiger partial charge in [-0.25, -0.2) is 0 Å². The van der Waals surface area contributed by atoms with Crippen molar-refractivity contribution in [1.82, 2.24) is 4.57 Å². The number of nitrogens with two attached hydrogens (primary N) is 1. The summed E-state index contributed by atoms with van der Waals surface area (Å²) in [4.78, 5) is 0. The minimum atomic E-state index is 0.219. The third-order valence-electron chi connectivity index (χ3n) is 4.97. The van der Waals surface area contributed by atoms with Crippen LogP contribution in [0.4, 0.5) is 0 Å². The topological polar surface area (TPSA) is 30.9 Å². The molecular weight excluding hydrogens is 208 g/mol. The summed E-state index contributed by atoms with van der Waals surface area (Å²) >= 11 is 0. The molecule has 2 N–H and O–H groups in total. The highest BCUT2D eigenvalue weighted by Gasteiger charge is 2.39. The van der Waals surface area contributed by atoms with Crippen molar-refractivity contribution < 1.29 is 0 Å². The van der Waals surface area contributed by atoms with Gasteiger partial charge in [0.05, 0.1) is 0 Å². The average molecular weight is 232 g/mol. The van der Waals surface area contributed by atoms with E-state index < -0.39 is 0 Å². The Hall–Kier alpha value is -0.760. The van der Waals surface area contributed by atoms with Crippen molar-refractivity contribution in [3.05, 3.63) is 24.0 Å². The molecule has 2 fully saturated rings. The van der Waals surface area contributed by atoms with Crippen molar-refractivity contribution in [3.8, 4) is 0 Å². The molecule has 0 amide bonds. The van der Waals surface area contributed by atoms with E-state index in [-0.39, 0.29) is 6.04 Å². The Morgan fingerprint density at radius 3 is 2.94 bits per heavy atom. The van der Waals surface area contributed by atoms with Crippen molar-refractivity contribution in [2.45, 2.75) is 51.6 Å². The summed E-state index contributed by atoms with van der Waals surface area (Å²) < 4.78 is 2.37. The Bertz CT molecular complexity index is 382. The van der Waals surface area contributed by atoms with E-state index in [1.54, 1.807) is 0 Å². The first kappa shape index (κ1) is 11.3. The lowest BCUT2D eigenvalue weighted by atomic mass is 9.89. The van der Waals surface area contributed by atoms with Gasteiger partial charge in [0.2, 0.25) is 0 Å². The molecule has 2 nitrogen and oxygen atoms in total. The molecule has 3 rings (SSSR count). The van der Waals surface area contributed by atoms with Gasteiger partial charge in [-0.2, -0.15) is 0 Å². The van der Waals surface area contributed by atoms with E-state index >= 15 is 0 Å². The van der Waals surface area contributed by atoms with Crippen LogP contribution in [0.2, 0.25) is 0 Å². The number of aromatic nitrogens is 1. The van der Waals surface area contributed by atoms with E-state index in [0.717, 1.165) is 24.2 Å². The summed E-state index contributed by atoms with van der Waals surface area (Å²) in [5, 5.41) is 0. The second-order valence-electron chi connectivity index (χ2n) is 6.09. The van der Waals surface area contributed by atoms with E-state index in [1.807, 2.05) is 0 Å². The normalized spacial score (nSPS) is 33.2. The highest BCUT2D eigenvalue weighted by molar-refractivity contribution is 5.14. The lowest BCUT2D eigenvalue weighted by Crippen LogP contribution is -2.16. The van der Waals surface area contributed by atoms with Crippen molar-refractivity contribution in [2.75, 3.05) is 0 Å². The summed E-state index contributed by atoms with van der Waals surface area (Å²) in [5.74, 6) is 3.01. The largest absolute Gasteiger partial charge is 0.354 e. The smallest absolute Gasteiger partial charge is 0.0307 e. The quantitative estimate of drug-likeness (QED) is 0.848. The number of hydrogen-bond acceptors (Lipinski definition) is 1. The fraction of sp³-hybridized carbons (Fsp3) is 0.733. The molecule has 2 heteroatoms. The van der Waals surface area contributed by atoms with Gasteiger partial charge in [-0.15, -0.1) is 0 Å². The zero-order chi connectivity index (χ0) is 11.8. The van der Waals surface area contributed by atoms with Crippen LogP contribution in [0, 0.1) is 17.8 Å². The number of hydrogen-bond donors (Lipinski definition) is 1. The van der Waals surface area contributed by atoms with E-state index in [1.165, 1.54) is 37.8 Å². The van der Waals surface area contributed by atoms with Crippen molar-refractivity contribution in [1.29, 1.82) is 0 Å². The fourth-order valence-corrected chi connectivity index (χ4v) is 3.90. The third kappa shape index (κ3) is 2.15. The SMILES string of the molecule is CCC(N)c1ccn(CC2CC3CCC2C3)c1. The van der Waals surface area contributed by atoms with Crippen molar-refractivity contribution in [3.63, 3.8) is 0 Å². The van der Waals surface area contributed by atoms with Gasteiger partial charge < -0.3 is 10.3 Å². The second-order valence-corrected chi connectivity index (χ2v) is 6.09. The average Bonchev–Trinajstić information content (AvgIpc) is 3.03. The molecule has 4 unspecified atom stereocenters. The van der Waals surface area contributed by atoms with Gasteiger partial charge in [0.1, 0.15) is 0 Å². The van der Waals surface area contributed by atoms with Crippen LogP contribution in [0.25, 0.3) is 0 Å². The van der Waals surface area contributed by atoms with Crippen LogP contribution in [-0.2, 0) is 6.54 Å². The predicted octanol–water partition coefficient (Wildman–Crippen LogP) is 3.33. The summed E-state index contributed by atoms with van der Waals surface area (Å²) in [7, 11) is 0. The standard InChI is InChI=1S/C15H24N2/c1-2-15(16)13-5-6-17(9-13)10-14-8-11-3-4-12(14)7-11/h5-6,9,11-12,14-15H,2-4,7-8,10,16H2,1H3. The summed E-state index contributed by atoms with van der Waals surface area (Å²) in [6, 6.07) is 2.41. The summed E-state index contributed by atoms with van der Waals surface area (Å²) in [6.45, 7) is 3.37. The molecule has 2 aliphatic carbocycles. The Kier molecular flexibility index (Phi) is 2.99. The fourth-order valence-electron chi connectivity index (χ4n) is 3.90. The van der Waals surface area contributed by atoms with E-state index in [2.05, 4.69) is 30.0 Å². The van der Waals surface area contributed by atoms with Crippen LogP contribution >= 0.6 is 0 Å². The van der Waals surface area contributed by atoms with Gasteiger partial charge in [-0.3, -0.25) is 0 Å². The molecule has 4 atom stereocenters. The second kappa shape index (κ2) is 4.49. The molecule has 0 aromatic carbocycles. The van der Waals surface area contributed by atoms with Gasteiger partial charge in [0.15, 0.2) is 0 Å². The van der Waals surface area contributed by atoms with Crippen LogP contribution in [-0.4, -0.2) is 4.57 Å². The van der Waals surface area contributed by atoms with Gasteiger partial charge in [-0.05, 0) is 55.1 Å². The summed E-state index contributed by atoms with van der Waals surface area (Å²) in [6.07, 6.45) is 11.5.